The number of amides is 1. The van der Waals surface area contributed by atoms with E-state index >= 15 is 0 Å². The molecule has 1 fully saturated rings. The molecule has 534 valence electrons. The van der Waals surface area contributed by atoms with Crippen LogP contribution in [0.15, 0.2) is 60.8 Å². The van der Waals surface area contributed by atoms with E-state index in [0.717, 1.165) is 51.4 Å². The maximum Gasteiger partial charge on any atom is 0.249 e. The summed E-state index contributed by atoms with van der Waals surface area (Å²) in [5.74, 6) is -0.709. The Labute approximate surface area is 561 Å². The summed E-state index contributed by atoms with van der Waals surface area (Å²) in [5, 5.41) is 76.6. The molecule has 1 saturated heterocycles. The minimum atomic E-state index is -1.68. The number of allylic oxidation sites excluding steroid dienone is 10. The molecule has 1 aliphatic rings. The molecule has 0 aromatic heterocycles. The number of carbonyl (C=O) groups excluding carboxylic acids is 1. The van der Waals surface area contributed by atoms with E-state index in [4.69, 9.17) is 9.47 Å². The van der Waals surface area contributed by atoms with Gasteiger partial charge in [-0.15, -0.1) is 0 Å². The minimum absolute atomic E-state index is 0.241. The van der Waals surface area contributed by atoms with E-state index in [1.165, 1.54) is 276 Å². The summed E-state index contributed by atoms with van der Waals surface area (Å²) >= 11 is 0. The van der Waals surface area contributed by atoms with Gasteiger partial charge in [0.1, 0.15) is 36.6 Å². The van der Waals surface area contributed by atoms with Crippen LogP contribution >= 0.6 is 0 Å². The third kappa shape index (κ3) is 54.6. The smallest absolute Gasteiger partial charge is 0.249 e. The lowest BCUT2D eigenvalue weighted by Gasteiger charge is -2.40. The Morgan fingerprint density at radius 1 is 0.385 bits per heavy atom. The molecular weight excluding hydrogens is 1130 g/mol. The van der Waals surface area contributed by atoms with Crippen LogP contribution in [0.5, 0.6) is 0 Å². The molecule has 8 N–H and O–H groups in total. The van der Waals surface area contributed by atoms with Crippen molar-refractivity contribution in [3.05, 3.63) is 60.8 Å². The molecule has 11 nitrogen and oxygen atoms in total. The van der Waals surface area contributed by atoms with Gasteiger partial charge in [0.25, 0.3) is 0 Å². The summed E-state index contributed by atoms with van der Waals surface area (Å²) in [7, 11) is 0. The van der Waals surface area contributed by atoms with Crippen LogP contribution in [0.1, 0.15) is 373 Å². The first kappa shape index (κ1) is 86.8. The van der Waals surface area contributed by atoms with E-state index in [-0.39, 0.29) is 12.8 Å². The molecule has 11 heteroatoms. The Balaban J connectivity index is 2.16. The number of aliphatic hydroxyl groups is 7. The Kier molecular flexibility index (Phi) is 64.7. The second-order valence-electron chi connectivity index (χ2n) is 27.4. The number of ether oxygens (including phenoxy) is 2. The van der Waals surface area contributed by atoms with Crippen LogP contribution in [0.25, 0.3) is 0 Å². The fraction of sp³-hybridized carbons (Fsp3) is 0.863. The topological polar surface area (TPSA) is 189 Å². The lowest BCUT2D eigenvalue weighted by molar-refractivity contribution is -0.303. The van der Waals surface area contributed by atoms with Crippen molar-refractivity contribution >= 4 is 5.91 Å². The fourth-order valence-corrected chi connectivity index (χ4v) is 12.5. The van der Waals surface area contributed by atoms with Crippen molar-refractivity contribution < 1.29 is 50.0 Å². The van der Waals surface area contributed by atoms with Crippen molar-refractivity contribution in [3.8, 4) is 0 Å². The maximum absolute atomic E-state index is 13.3. The average molecular weight is 1290 g/mol. The van der Waals surface area contributed by atoms with E-state index in [9.17, 15) is 40.5 Å². The highest BCUT2D eigenvalue weighted by molar-refractivity contribution is 5.80. The van der Waals surface area contributed by atoms with Crippen molar-refractivity contribution in [2.24, 2.45) is 0 Å². The summed E-state index contributed by atoms with van der Waals surface area (Å²) in [6, 6.07) is -1.20. The van der Waals surface area contributed by atoms with Gasteiger partial charge in [0.05, 0.1) is 25.4 Å². The van der Waals surface area contributed by atoms with Gasteiger partial charge in [-0.2, -0.15) is 0 Å². The number of hydrogen-bond donors (Lipinski definition) is 8. The molecular formula is C80H149NO10. The number of aliphatic hydroxyl groups excluding tert-OH is 7. The first-order chi connectivity index (χ1) is 44.7. The molecule has 1 amide bonds. The van der Waals surface area contributed by atoms with E-state index in [1.807, 2.05) is 0 Å². The van der Waals surface area contributed by atoms with E-state index < -0.39 is 74.2 Å². The number of hydrogen-bond acceptors (Lipinski definition) is 10. The SMILES string of the molecule is CCCCCCCCCCCCCCC/C=C/CC/C=C/CC/C=C/CCCC(O)C(O)C(COC1OC(CO)C(O)C(O)C1O)NC(=O)C(O)CCCCCCCCCCCCCCCCCC/C=C\C/C=C\CCCCCCCCCCCCCCCCC. The molecule has 0 aromatic carbocycles. The Morgan fingerprint density at radius 3 is 1.04 bits per heavy atom. The number of unbranched alkanes of at least 4 members (excludes halogenated alkanes) is 47. The fourth-order valence-electron chi connectivity index (χ4n) is 12.5. The highest BCUT2D eigenvalue weighted by Crippen LogP contribution is 2.24. The summed E-state index contributed by atoms with van der Waals surface area (Å²) in [6.07, 6.45) is 80.5. The Bertz CT molecular complexity index is 1670. The third-order valence-electron chi connectivity index (χ3n) is 18.7. The zero-order chi connectivity index (χ0) is 66.0. The third-order valence-corrected chi connectivity index (χ3v) is 18.7. The predicted molar refractivity (Wildman–Crippen MR) is 385 cm³/mol. The highest BCUT2D eigenvalue weighted by atomic mass is 16.7. The maximum atomic E-state index is 13.3. The Hall–Kier alpha value is -2.19. The monoisotopic (exact) mass is 1280 g/mol. The minimum Gasteiger partial charge on any atom is -0.394 e. The van der Waals surface area contributed by atoms with Crippen LogP contribution in [0.4, 0.5) is 0 Å². The Morgan fingerprint density at radius 2 is 0.692 bits per heavy atom. The standard InChI is InChI=1S/C80H149NO10/c1-3-5-7-9-11-13-15-17-19-21-23-25-27-29-31-32-33-34-35-36-37-38-39-40-41-42-44-46-48-50-52-54-56-58-60-62-64-66-68-73(84)79(89)81-71(70-90-80-78(88)77(87)76(86)74(69-82)91-80)75(85)72(83)67-65-63-61-59-57-55-53-51-49-47-45-43-30-28-26-24-22-20-18-16-14-12-10-8-6-4-2/h33-34,36-37,43,45,51,53,59,61,71-78,80,82-88H,3-32,35,38-42,44,46-50,52,54-58,60,62-70H2,1-2H3,(H,81,89)/b34-33-,37-36-,45-43+,53-51+,61-59+. The average Bonchev–Trinajstić information content (AvgIpc) is 1.21. The van der Waals surface area contributed by atoms with Gasteiger partial charge in [0.15, 0.2) is 6.29 Å². The summed E-state index contributed by atoms with van der Waals surface area (Å²) < 4.78 is 11.2. The first-order valence-corrected chi connectivity index (χ1v) is 39.2. The zero-order valence-corrected chi connectivity index (χ0v) is 59.3. The van der Waals surface area contributed by atoms with Crippen LogP contribution in [0, 0.1) is 0 Å². The number of nitrogens with one attached hydrogen (secondary N) is 1. The van der Waals surface area contributed by atoms with Crippen LogP contribution in [0.3, 0.4) is 0 Å². The van der Waals surface area contributed by atoms with Crippen LogP contribution in [-0.4, -0.2) is 110 Å². The van der Waals surface area contributed by atoms with E-state index in [2.05, 4.69) is 79.9 Å². The number of carbonyl (C=O) groups is 1. The predicted octanol–water partition coefficient (Wildman–Crippen LogP) is 20.0. The molecule has 1 heterocycles. The van der Waals surface area contributed by atoms with Gasteiger partial charge in [0, 0.05) is 0 Å². The molecule has 0 bridgehead atoms. The summed E-state index contributed by atoms with van der Waals surface area (Å²) in [5.41, 5.74) is 0. The second-order valence-corrected chi connectivity index (χ2v) is 27.4. The van der Waals surface area contributed by atoms with Crippen molar-refractivity contribution in [1.29, 1.82) is 0 Å². The van der Waals surface area contributed by atoms with E-state index in [1.54, 1.807) is 0 Å². The van der Waals surface area contributed by atoms with Crippen molar-refractivity contribution in [3.63, 3.8) is 0 Å². The highest BCUT2D eigenvalue weighted by Gasteiger charge is 2.44. The number of rotatable bonds is 69. The van der Waals surface area contributed by atoms with Crippen molar-refractivity contribution in [2.45, 2.75) is 428 Å². The molecule has 0 radical (unpaired) electrons. The quantitative estimate of drug-likeness (QED) is 0.0215. The zero-order valence-electron chi connectivity index (χ0n) is 59.3. The van der Waals surface area contributed by atoms with Gasteiger partial charge in [-0.1, -0.05) is 338 Å². The van der Waals surface area contributed by atoms with Gasteiger partial charge in [-0.25, -0.2) is 0 Å². The van der Waals surface area contributed by atoms with Gasteiger partial charge in [-0.05, 0) is 96.3 Å². The molecule has 0 saturated carbocycles. The van der Waals surface area contributed by atoms with Crippen LogP contribution < -0.4 is 5.32 Å². The lowest BCUT2D eigenvalue weighted by atomic mass is 9.98. The van der Waals surface area contributed by atoms with Gasteiger partial charge >= 0.3 is 0 Å². The second kappa shape index (κ2) is 67.8. The summed E-state index contributed by atoms with van der Waals surface area (Å²) in [4.78, 5) is 13.3. The molecule has 0 aliphatic carbocycles. The molecule has 0 spiro atoms. The summed E-state index contributed by atoms with van der Waals surface area (Å²) in [6.45, 7) is 3.49. The largest absolute Gasteiger partial charge is 0.394 e. The molecule has 9 unspecified atom stereocenters. The van der Waals surface area contributed by atoms with Crippen LogP contribution in [-0.2, 0) is 14.3 Å². The normalized spacial score (nSPS) is 18.7. The van der Waals surface area contributed by atoms with E-state index in [0.29, 0.717) is 19.3 Å². The molecule has 1 aliphatic heterocycles. The molecule has 91 heavy (non-hydrogen) atoms. The molecule has 9 atom stereocenters. The van der Waals surface area contributed by atoms with Gasteiger partial charge in [-0.3, -0.25) is 4.79 Å². The molecule has 0 aromatic rings. The van der Waals surface area contributed by atoms with Crippen molar-refractivity contribution in [1.82, 2.24) is 5.32 Å². The van der Waals surface area contributed by atoms with Gasteiger partial charge < -0.3 is 50.5 Å². The van der Waals surface area contributed by atoms with Crippen LogP contribution in [0.2, 0.25) is 0 Å². The van der Waals surface area contributed by atoms with Gasteiger partial charge in [0.2, 0.25) is 5.91 Å². The lowest BCUT2D eigenvalue weighted by Crippen LogP contribution is -2.60. The first-order valence-electron chi connectivity index (χ1n) is 39.2. The molecule has 1 rings (SSSR count). The van der Waals surface area contributed by atoms with Crippen molar-refractivity contribution in [2.75, 3.05) is 13.2 Å².